The number of rotatable bonds is 10. The molecule has 0 radical (unpaired) electrons. The summed E-state index contributed by atoms with van der Waals surface area (Å²) in [7, 11) is 0. The van der Waals surface area contributed by atoms with E-state index < -0.39 is 96.7 Å². The van der Waals surface area contributed by atoms with E-state index in [1.807, 2.05) is 27.7 Å². The van der Waals surface area contributed by atoms with E-state index in [4.69, 9.17) is 24.8 Å². The molecule has 7 rings (SSSR count). The molecule has 3 heterocycles. The number of aliphatic carboxylic acids is 1. The topological polar surface area (TPSA) is 179 Å². The SMILES string of the molecule is CCC(C1C(C)C1C(=O)N[C@H]1C[C@H](C(F)(F)F)Oc2ccccc21)C1(C(CC)C2C(C)C2C(=O)N[C@H]2C[C@H](C(F)(F)F)Oc3ccccc32)CC(=O)NC(=N)N1.O=C(O)C(F)(F)F. The summed E-state index contributed by atoms with van der Waals surface area (Å²) in [6.45, 7) is 7.65. The van der Waals surface area contributed by atoms with Crippen LogP contribution in [0.2, 0.25) is 0 Å². The number of carbonyl (C=O) groups excluding carboxylic acids is 3. The highest BCUT2D eigenvalue weighted by atomic mass is 19.4. The molecule has 63 heavy (non-hydrogen) atoms. The van der Waals surface area contributed by atoms with E-state index in [0.29, 0.717) is 24.0 Å². The Labute approximate surface area is 355 Å². The fraction of sp³-hybridized carbons (Fsp3) is 0.595. The highest BCUT2D eigenvalue weighted by Gasteiger charge is 2.67. The van der Waals surface area contributed by atoms with Crippen LogP contribution in [0.4, 0.5) is 39.5 Å². The van der Waals surface area contributed by atoms with Gasteiger partial charge in [-0.3, -0.25) is 25.1 Å². The molecular formula is C42H48F9N5O7. The second kappa shape index (κ2) is 17.4. The Hall–Kier alpha value is -5.24. The van der Waals surface area contributed by atoms with Gasteiger partial charge in [0.05, 0.1) is 24.0 Å². The maximum absolute atomic E-state index is 14.0. The number of nitrogens with one attached hydrogen (secondary N) is 5. The Morgan fingerprint density at radius 3 is 1.48 bits per heavy atom. The predicted octanol–water partition coefficient (Wildman–Crippen LogP) is 7.36. The van der Waals surface area contributed by atoms with Gasteiger partial charge >= 0.3 is 24.5 Å². The lowest BCUT2D eigenvalue weighted by atomic mass is 9.64. The fourth-order valence-corrected chi connectivity index (χ4v) is 10.5. The second-order valence-electron chi connectivity index (χ2n) is 17.0. The van der Waals surface area contributed by atoms with Gasteiger partial charge in [0.25, 0.3) is 0 Å². The predicted molar refractivity (Wildman–Crippen MR) is 205 cm³/mol. The number of carboxylic acids is 1. The number of amides is 3. The van der Waals surface area contributed by atoms with Crippen LogP contribution in [-0.4, -0.2) is 71.0 Å². The minimum atomic E-state index is -5.08. The lowest BCUT2D eigenvalue weighted by Crippen LogP contribution is -2.68. The minimum Gasteiger partial charge on any atom is -0.480 e. The van der Waals surface area contributed by atoms with E-state index in [0.717, 1.165) is 0 Å². The monoisotopic (exact) mass is 905 g/mol. The molecule has 346 valence electrons. The zero-order chi connectivity index (χ0) is 46.6. The lowest BCUT2D eigenvalue weighted by Gasteiger charge is -2.50. The zero-order valence-electron chi connectivity index (χ0n) is 34.4. The van der Waals surface area contributed by atoms with E-state index in [1.165, 1.54) is 12.1 Å². The van der Waals surface area contributed by atoms with Crippen LogP contribution < -0.4 is 30.7 Å². The molecule has 2 saturated carbocycles. The summed E-state index contributed by atoms with van der Waals surface area (Å²) < 4.78 is 125. The van der Waals surface area contributed by atoms with Gasteiger partial charge in [-0.25, -0.2) is 4.79 Å². The van der Waals surface area contributed by atoms with Gasteiger partial charge in [-0.05, 0) is 47.6 Å². The molecule has 8 unspecified atom stereocenters. The zero-order valence-corrected chi connectivity index (χ0v) is 34.4. The molecule has 0 bridgehead atoms. The van der Waals surface area contributed by atoms with Crippen molar-refractivity contribution >= 4 is 29.7 Å². The largest absolute Gasteiger partial charge is 0.490 e. The summed E-state index contributed by atoms with van der Waals surface area (Å²) in [6, 6.07) is 10.7. The van der Waals surface area contributed by atoms with Crippen LogP contribution in [-0.2, 0) is 19.2 Å². The number of guanidine groups is 1. The average Bonchev–Trinajstić information content (AvgIpc) is 4.06. The molecule has 0 spiro atoms. The van der Waals surface area contributed by atoms with Crippen LogP contribution in [0.25, 0.3) is 0 Å². The smallest absolute Gasteiger partial charge is 0.480 e. The number of hydrogen-bond donors (Lipinski definition) is 6. The van der Waals surface area contributed by atoms with E-state index in [1.54, 1.807) is 36.4 Å². The molecule has 21 heteroatoms. The molecule has 3 amide bonds. The van der Waals surface area contributed by atoms with Gasteiger partial charge in [0.15, 0.2) is 18.2 Å². The number of carbonyl (C=O) groups is 4. The Bertz CT molecular complexity index is 1950. The minimum absolute atomic E-state index is 0.0529. The standard InChI is InChI=1S/C40H47F6N5O5.C2HF3O2/c1-5-22(31-18(3)33(31)35(53)48-24-15-28(39(41,42)43)55-26-13-9-7-11-20(24)26)38(17-30(52)50-37(47)51-38)23(6-2)32-19(4)34(32)36(54)49-25-16-29(40(44,45)46)56-27-14-10-8-12-21(25)27;3-2(4,5)1(6)7/h7-14,18-19,22-25,28-29,31-34H,5-6,15-17H2,1-4H3,(H,48,53)(H,49,54)(H3,47,50,51,52);(H,6,7)/t18?,19?,22?,23?,24-,25-,28+,29+,31?,32?,33?,34?,38?;/m0./s1. The van der Waals surface area contributed by atoms with Gasteiger partial charge in [-0.2, -0.15) is 39.5 Å². The molecule has 0 aromatic heterocycles. The molecule has 2 aromatic rings. The molecule has 12 nitrogen and oxygen atoms in total. The first-order valence-corrected chi connectivity index (χ1v) is 20.6. The number of halogens is 9. The van der Waals surface area contributed by atoms with Crippen molar-refractivity contribution in [2.45, 2.75) is 108 Å². The van der Waals surface area contributed by atoms with Crippen molar-refractivity contribution in [2.24, 2.45) is 47.3 Å². The van der Waals surface area contributed by atoms with Crippen LogP contribution in [0.1, 0.15) is 83.0 Å². The maximum atomic E-state index is 14.0. The normalized spacial score (nSPS) is 32.0. The summed E-state index contributed by atoms with van der Waals surface area (Å²) in [4.78, 5) is 50.3. The molecule has 3 fully saturated rings. The van der Waals surface area contributed by atoms with Gasteiger partial charge in [0.2, 0.25) is 17.7 Å². The van der Waals surface area contributed by atoms with Gasteiger partial charge in [0, 0.05) is 35.8 Å². The number of carboxylic acid groups (broad SMARTS) is 1. The number of ether oxygens (including phenoxy) is 2. The molecule has 3 aliphatic heterocycles. The molecule has 1 saturated heterocycles. The molecule has 12 atom stereocenters. The van der Waals surface area contributed by atoms with Crippen LogP contribution >= 0.6 is 0 Å². The summed E-state index contributed by atoms with van der Waals surface area (Å²) in [6.07, 6.45) is -18.6. The molecule has 2 aliphatic carbocycles. The maximum Gasteiger partial charge on any atom is 0.490 e. The average molecular weight is 906 g/mol. The van der Waals surface area contributed by atoms with Gasteiger partial charge < -0.3 is 30.5 Å². The first-order chi connectivity index (χ1) is 29.3. The van der Waals surface area contributed by atoms with Crippen LogP contribution in [0.15, 0.2) is 48.5 Å². The van der Waals surface area contributed by atoms with Crippen molar-refractivity contribution in [3.8, 4) is 11.5 Å². The third-order valence-corrected chi connectivity index (χ3v) is 13.3. The highest BCUT2D eigenvalue weighted by Crippen LogP contribution is 2.62. The van der Waals surface area contributed by atoms with Gasteiger partial charge in [-0.15, -0.1) is 0 Å². The fourth-order valence-electron chi connectivity index (χ4n) is 10.5. The van der Waals surface area contributed by atoms with Crippen LogP contribution in [0, 0.1) is 52.8 Å². The van der Waals surface area contributed by atoms with E-state index in [-0.39, 0.29) is 59.4 Å². The third kappa shape index (κ3) is 9.66. The highest BCUT2D eigenvalue weighted by molar-refractivity contribution is 5.99. The van der Waals surface area contributed by atoms with Crippen LogP contribution in [0.3, 0.4) is 0 Å². The molecular weight excluding hydrogens is 857 g/mol. The first-order valence-electron chi connectivity index (χ1n) is 20.6. The van der Waals surface area contributed by atoms with E-state index in [9.17, 15) is 53.9 Å². The van der Waals surface area contributed by atoms with Crippen LogP contribution in [0.5, 0.6) is 11.5 Å². The summed E-state index contributed by atoms with van der Waals surface area (Å²) in [5, 5.41) is 27.3. The van der Waals surface area contributed by atoms with Crippen molar-refractivity contribution in [1.29, 1.82) is 5.41 Å². The van der Waals surface area contributed by atoms with E-state index in [2.05, 4.69) is 21.3 Å². The molecule has 5 aliphatic rings. The summed E-state index contributed by atoms with van der Waals surface area (Å²) in [5.74, 6) is -7.07. The summed E-state index contributed by atoms with van der Waals surface area (Å²) >= 11 is 0. The third-order valence-electron chi connectivity index (χ3n) is 13.3. The van der Waals surface area contributed by atoms with Crippen molar-refractivity contribution in [3.05, 3.63) is 59.7 Å². The van der Waals surface area contributed by atoms with Crippen molar-refractivity contribution in [1.82, 2.24) is 21.3 Å². The lowest BCUT2D eigenvalue weighted by molar-refractivity contribution is -0.202. The van der Waals surface area contributed by atoms with Crippen molar-refractivity contribution in [3.63, 3.8) is 0 Å². The van der Waals surface area contributed by atoms with Gasteiger partial charge in [-0.1, -0.05) is 76.9 Å². The van der Waals surface area contributed by atoms with Crippen molar-refractivity contribution < 1.29 is 73.3 Å². The number of para-hydroxylation sites is 2. The second-order valence-corrected chi connectivity index (χ2v) is 17.0. The quantitative estimate of drug-likeness (QED) is 0.134. The van der Waals surface area contributed by atoms with E-state index >= 15 is 0 Å². The number of fused-ring (bicyclic) bond motifs is 2. The molecule has 6 N–H and O–H groups in total. The Morgan fingerprint density at radius 2 is 1.14 bits per heavy atom. The Balaban J connectivity index is 0.000000871. The Morgan fingerprint density at radius 1 is 0.762 bits per heavy atom. The number of hydrogen-bond acceptors (Lipinski definition) is 7. The molecule has 2 aromatic carbocycles. The first kappa shape index (κ1) is 47.2. The Kier molecular flexibility index (Phi) is 13.0. The number of alkyl halides is 9. The van der Waals surface area contributed by atoms with Crippen molar-refractivity contribution in [2.75, 3.05) is 0 Å². The summed E-state index contributed by atoms with van der Waals surface area (Å²) in [5.41, 5.74) is -0.181. The number of benzene rings is 2. The van der Waals surface area contributed by atoms with Gasteiger partial charge in [0.1, 0.15) is 11.5 Å².